The quantitative estimate of drug-likeness (QED) is 0.0820. The summed E-state index contributed by atoms with van der Waals surface area (Å²) in [4.78, 5) is 54.1. The van der Waals surface area contributed by atoms with E-state index in [1.807, 2.05) is 46.2 Å². The molecule has 2 aliphatic rings. The molecule has 66 heavy (non-hydrogen) atoms. The zero-order valence-corrected chi connectivity index (χ0v) is 42.6. The van der Waals surface area contributed by atoms with Crippen LogP contribution in [-0.4, -0.2) is 124 Å². The standard InChI is InChI=1S/C55H76N6O4Si/c1-43(62)58-34-36-59(37-35-58)50-27-20-47(21-28-50)42-61(52(63)29-22-44-16-23-48(24-17-44)54(2,3)4)51(40-45-14-12-11-13-15-45)53(64)60-32-30-57(31-33-60)41-46-18-25-49(26-19-46)56(8)38-39-65-66(9,10)55(5,6)7/h11-29,51H,30-42H2,1-10H3. The highest BCUT2D eigenvalue weighted by Crippen LogP contribution is 2.36. The van der Waals surface area contributed by atoms with E-state index in [0.29, 0.717) is 39.2 Å². The molecule has 0 saturated carbocycles. The van der Waals surface area contributed by atoms with Crippen LogP contribution < -0.4 is 9.80 Å². The van der Waals surface area contributed by atoms with Gasteiger partial charge in [0.05, 0.1) is 6.61 Å². The third kappa shape index (κ3) is 13.7. The van der Waals surface area contributed by atoms with Gasteiger partial charge in [0.25, 0.3) is 0 Å². The van der Waals surface area contributed by atoms with E-state index in [2.05, 4.69) is 149 Å². The molecule has 354 valence electrons. The molecule has 0 aromatic heterocycles. The minimum absolute atomic E-state index is 0.0214. The van der Waals surface area contributed by atoms with Gasteiger partial charge in [0.1, 0.15) is 6.04 Å². The Morgan fingerprint density at radius 2 is 1.30 bits per heavy atom. The van der Waals surface area contributed by atoms with Crippen molar-refractivity contribution in [3.05, 3.63) is 137 Å². The number of benzene rings is 4. The summed E-state index contributed by atoms with van der Waals surface area (Å²) in [6.45, 7) is 27.9. The van der Waals surface area contributed by atoms with E-state index < -0.39 is 14.4 Å². The van der Waals surface area contributed by atoms with Crippen molar-refractivity contribution >= 4 is 43.5 Å². The fourth-order valence-corrected chi connectivity index (χ4v) is 9.42. The molecular formula is C55H76N6O4Si. The summed E-state index contributed by atoms with van der Waals surface area (Å²) in [6, 6.07) is 34.8. The molecule has 1 atom stereocenters. The lowest BCUT2D eigenvalue weighted by Crippen LogP contribution is -2.56. The molecule has 3 amide bonds. The van der Waals surface area contributed by atoms with Crippen LogP contribution in [0.3, 0.4) is 0 Å². The van der Waals surface area contributed by atoms with Crippen LogP contribution in [0.4, 0.5) is 11.4 Å². The molecule has 6 rings (SSSR count). The highest BCUT2D eigenvalue weighted by atomic mass is 28.4. The topological polar surface area (TPSA) is 79.9 Å². The maximum Gasteiger partial charge on any atom is 0.247 e. The second-order valence-electron chi connectivity index (χ2n) is 20.8. The second-order valence-corrected chi connectivity index (χ2v) is 25.6. The average Bonchev–Trinajstić information content (AvgIpc) is 3.29. The third-order valence-electron chi connectivity index (χ3n) is 14.0. The number of hydrogen-bond donors (Lipinski definition) is 0. The van der Waals surface area contributed by atoms with E-state index in [1.54, 1.807) is 17.9 Å². The van der Waals surface area contributed by atoms with Gasteiger partial charge in [-0.15, -0.1) is 0 Å². The number of carbonyl (C=O) groups is 3. The maximum absolute atomic E-state index is 15.0. The zero-order valence-electron chi connectivity index (χ0n) is 41.6. The van der Waals surface area contributed by atoms with Gasteiger partial charge < -0.3 is 28.9 Å². The summed E-state index contributed by atoms with van der Waals surface area (Å²) in [5, 5.41) is 0.192. The highest BCUT2D eigenvalue weighted by Gasteiger charge is 2.37. The van der Waals surface area contributed by atoms with Gasteiger partial charge >= 0.3 is 0 Å². The van der Waals surface area contributed by atoms with Crippen LogP contribution in [0.2, 0.25) is 18.1 Å². The monoisotopic (exact) mass is 913 g/mol. The lowest BCUT2D eigenvalue weighted by Gasteiger charge is -2.39. The van der Waals surface area contributed by atoms with E-state index in [9.17, 15) is 14.4 Å². The Morgan fingerprint density at radius 3 is 1.88 bits per heavy atom. The molecule has 0 N–H and O–H groups in total. The zero-order chi connectivity index (χ0) is 47.6. The van der Waals surface area contributed by atoms with Crippen molar-refractivity contribution in [2.75, 3.05) is 82.4 Å². The molecule has 1 unspecified atom stereocenters. The summed E-state index contributed by atoms with van der Waals surface area (Å²) >= 11 is 0. The predicted octanol–water partition coefficient (Wildman–Crippen LogP) is 9.11. The van der Waals surface area contributed by atoms with Crippen molar-refractivity contribution in [3.8, 4) is 0 Å². The van der Waals surface area contributed by atoms with E-state index in [-0.39, 0.29) is 34.7 Å². The Hall–Kier alpha value is -5.23. The largest absolute Gasteiger partial charge is 0.415 e. The first-order valence-corrected chi connectivity index (χ1v) is 26.9. The average molecular weight is 913 g/mol. The number of amides is 3. The number of likely N-dealkylation sites (N-methyl/N-ethyl adjacent to an activating group) is 1. The van der Waals surface area contributed by atoms with Gasteiger partial charge in [-0.05, 0) is 81.7 Å². The molecule has 2 saturated heterocycles. The van der Waals surface area contributed by atoms with Gasteiger partial charge in [-0.25, -0.2) is 0 Å². The molecule has 0 radical (unpaired) electrons. The Morgan fingerprint density at radius 1 is 0.712 bits per heavy atom. The van der Waals surface area contributed by atoms with Crippen molar-refractivity contribution < 1.29 is 18.8 Å². The van der Waals surface area contributed by atoms with Crippen LogP contribution in [0.5, 0.6) is 0 Å². The molecule has 2 heterocycles. The van der Waals surface area contributed by atoms with Gasteiger partial charge in [0.2, 0.25) is 17.7 Å². The third-order valence-corrected chi connectivity index (χ3v) is 18.5. The van der Waals surface area contributed by atoms with Crippen LogP contribution in [-0.2, 0) is 43.7 Å². The Bertz CT molecular complexity index is 2220. The first kappa shape index (κ1) is 50.2. The minimum atomic E-state index is -1.79. The number of carbonyl (C=O) groups excluding carboxylic acids is 3. The van der Waals surface area contributed by atoms with Crippen molar-refractivity contribution in [1.29, 1.82) is 0 Å². The van der Waals surface area contributed by atoms with E-state index in [4.69, 9.17) is 4.43 Å². The van der Waals surface area contributed by atoms with Crippen molar-refractivity contribution in [3.63, 3.8) is 0 Å². The van der Waals surface area contributed by atoms with E-state index in [1.165, 1.54) is 16.8 Å². The SMILES string of the molecule is CC(=O)N1CCN(c2ccc(CN(C(=O)C=Cc3ccc(C(C)(C)C)cc3)C(Cc3ccccc3)C(=O)N3CCN(Cc4ccc(N(C)CCO[Si](C)(C)C(C)(C)C)cc4)CC3)cc2)CC1. The molecule has 0 aliphatic carbocycles. The minimum Gasteiger partial charge on any atom is -0.415 e. The van der Waals surface area contributed by atoms with Crippen molar-refractivity contribution in [2.24, 2.45) is 0 Å². The van der Waals surface area contributed by atoms with Crippen LogP contribution in [0.25, 0.3) is 6.08 Å². The summed E-state index contributed by atoms with van der Waals surface area (Å²) in [5.74, 6) is -0.125. The normalized spacial score (nSPS) is 15.8. The number of nitrogens with zero attached hydrogens (tertiary/aromatic N) is 6. The lowest BCUT2D eigenvalue weighted by molar-refractivity contribution is -0.145. The van der Waals surface area contributed by atoms with E-state index in [0.717, 1.165) is 61.6 Å². The smallest absolute Gasteiger partial charge is 0.247 e. The fraction of sp³-hybridized carbons (Fsp3) is 0.473. The Labute approximate surface area is 397 Å². The first-order chi connectivity index (χ1) is 31.3. The molecule has 4 aromatic carbocycles. The molecule has 10 nitrogen and oxygen atoms in total. The van der Waals surface area contributed by atoms with Gasteiger partial charge in [0.15, 0.2) is 8.32 Å². The molecule has 0 bridgehead atoms. The summed E-state index contributed by atoms with van der Waals surface area (Å²) in [5.41, 5.74) is 7.63. The first-order valence-electron chi connectivity index (χ1n) is 24.0. The molecule has 4 aromatic rings. The van der Waals surface area contributed by atoms with E-state index >= 15 is 0 Å². The van der Waals surface area contributed by atoms with Crippen LogP contribution in [0, 0.1) is 0 Å². The number of rotatable bonds is 16. The summed E-state index contributed by atoms with van der Waals surface area (Å²) in [6.07, 6.45) is 3.90. The predicted molar refractivity (Wildman–Crippen MR) is 274 cm³/mol. The van der Waals surface area contributed by atoms with Crippen molar-refractivity contribution in [1.82, 2.24) is 19.6 Å². The van der Waals surface area contributed by atoms with Gasteiger partial charge in [-0.3, -0.25) is 19.3 Å². The molecule has 2 fully saturated rings. The summed E-state index contributed by atoms with van der Waals surface area (Å²) < 4.78 is 6.43. The molecular weight excluding hydrogens is 837 g/mol. The van der Waals surface area contributed by atoms with Gasteiger partial charge in [0, 0.05) is 110 Å². The summed E-state index contributed by atoms with van der Waals surface area (Å²) in [7, 11) is 0.336. The van der Waals surface area contributed by atoms with Crippen LogP contribution in [0.1, 0.15) is 76.3 Å². The van der Waals surface area contributed by atoms with Gasteiger partial charge in [-0.1, -0.05) is 120 Å². The number of hydrogen-bond acceptors (Lipinski definition) is 7. The second kappa shape index (κ2) is 22.0. The Balaban J connectivity index is 1.16. The number of anilines is 2. The molecule has 11 heteroatoms. The highest BCUT2D eigenvalue weighted by molar-refractivity contribution is 6.74. The van der Waals surface area contributed by atoms with Crippen LogP contribution in [0.15, 0.2) is 109 Å². The maximum atomic E-state index is 15.0. The lowest BCUT2D eigenvalue weighted by atomic mass is 9.87. The van der Waals surface area contributed by atoms with Crippen LogP contribution >= 0.6 is 0 Å². The molecule has 2 aliphatic heterocycles. The van der Waals surface area contributed by atoms with Crippen molar-refractivity contribution in [2.45, 2.75) is 97.6 Å². The Kier molecular flexibility index (Phi) is 16.8. The van der Waals surface area contributed by atoms with Gasteiger partial charge in [-0.2, -0.15) is 0 Å². The fourth-order valence-electron chi connectivity index (χ4n) is 8.39. The molecule has 0 spiro atoms. The number of piperazine rings is 2.